The van der Waals surface area contributed by atoms with Gasteiger partial charge in [0.25, 0.3) is 0 Å². The van der Waals surface area contributed by atoms with Gasteiger partial charge in [-0.05, 0) is 31.6 Å². The van der Waals surface area contributed by atoms with Crippen LogP contribution in [0.15, 0.2) is 12.2 Å². The third kappa shape index (κ3) is 7.64. The largest absolute Gasteiger partial charge is 0.0999 e. The highest BCUT2D eigenvalue weighted by atomic mass is 14.0. The van der Waals surface area contributed by atoms with E-state index in [0.29, 0.717) is 0 Å². The maximum absolute atomic E-state index is 4.00. The smallest absolute Gasteiger partial charge is 0.0323 e. The molecule has 0 aromatic carbocycles. The molecule has 0 atom stereocenters. The van der Waals surface area contributed by atoms with E-state index in [2.05, 4.69) is 27.4 Å². The standard InChI is InChI=1S/C11H21/c1-5-7-11(4)9-6-8-10(2)3/h10H,1,4-9H2,2-3H3. The van der Waals surface area contributed by atoms with Crippen LogP contribution in [0.5, 0.6) is 0 Å². The fraction of sp³-hybridized carbons (Fsp3) is 0.727. The minimum absolute atomic E-state index is 0.836. The molecule has 0 heteroatoms. The molecular weight excluding hydrogens is 132 g/mol. The second-order valence-corrected chi connectivity index (χ2v) is 3.64. The predicted octanol–water partition coefficient (Wildman–Crippen LogP) is 3.98. The Kier molecular flexibility index (Phi) is 6.30. The molecule has 1 radical (unpaired) electrons. The zero-order valence-corrected chi connectivity index (χ0v) is 8.03. The van der Waals surface area contributed by atoms with Gasteiger partial charge >= 0.3 is 0 Å². The SMILES string of the molecule is [CH2]CCC(=C)CCCC(C)C. The maximum atomic E-state index is 4.00. The molecule has 0 spiro atoms. The van der Waals surface area contributed by atoms with Crippen LogP contribution in [0.25, 0.3) is 0 Å². The topological polar surface area (TPSA) is 0 Å². The molecule has 0 nitrogen and oxygen atoms in total. The maximum Gasteiger partial charge on any atom is -0.0323 e. The summed E-state index contributed by atoms with van der Waals surface area (Å²) in [5, 5.41) is 0. The van der Waals surface area contributed by atoms with Crippen molar-refractivity contribution in [3.8, 4) is 0 Å². The first-order valence-electron chi connectivity index (χ1n) is 4.62. The second kappa shape index (κ2) is 6.45. The lowest BCUT2D eigenvalue weighted by Gasteiger charge is -2.05. The van der Waals surface area contributed by atoms with Crippen LogP contribution in [0.1, 0.15) is 46.0 Å². The summed E-state index contributed by atoms with van der Waals surface area (Å²) in [5.41, 5.74) is 1.38. The molecule has 0 saturated heterocycles. The molecule has 0 aromatic heterocycles. The summed E-state index contributed by atoms with van der Waals surface area (Å²) in [6.07, 6.45) is 5.94. The van der Waals surface area contributed by atoms with Crippen molar-refractivity contribution in [3.63, 3.8) is 0 Å². The molecular formula is C11H21. The molecule has 0 aliphatic heterocycles. The number of hydrogen-bond acceptors (Lipinski definition) is 0. The van der Waals surface area contributed by atoms with Crippen molar-refractivity contribution in [2.75, 3.05) is 0 Å². The average Bonchev–Trinajstić information content (AvgIpc) is 1.87. The molecule has 0 unspecified atom stereocenters. The van der Waals surface area contributed by atoms with Crippen LogP contribution in [-0.2, 0) is 0 Å². The molecule has 0 saturated carbocycles. The number of rotatable bonds is 6. The molecule has 11 heavy (non-hydrogen) atoms. The van der Waals surface area contributed by atoms with Crippen LogP contribution in [0.2, 0.25) is 0 Å². The number of hydrogen-bond donors (Lipinski definition) is 0. The average molecular weight is 153 g/mol. The zero-order chi connectivity index (χ0) is 8.69. The summed E-state index contributed by atoms with van der Waals surface area (Å²) in [7, 11) is 0. The minimum atomic E-state index is 0.836. The Bertz CT molecular complexity index is 101. The summed E-state index contributed by atoms with van der Waals surface area (Å²) in [6, 6.07) is 0. The Balaban J connectivity index is 3.17. The Hall–Kier alpha value is -0.260. The van der Waals surface area contributed by atoms with Gasteiger partial charge in [0.05, 0.1) is 0 Å². The quantitative estimate of drug-likeness (QED) is 0.506. The van der Waals surface area contributed by atoms with Crippen LogP contribution in [-0.4, -0.2) is 0 Å². The van der Waals surface area contributed by atoms with Crippen molar-refractivity contribution in [2.24, 2.45) is 5.92 Å². The van der Waals surface area contributed by atoms with Gasteiger partial charge in [0, 0.05) is 0 Å². The van der Waals surface area contributed by atoms with Crippen molar-refractivity contribution >= 4 is 0 Å². The van der Waals surface area contributed by atoms with Crippen LogP contribution in [0.3, 0.4) is 0 Å². The Morgan fingerprint density at radius 2 is 1.91 bits per heavy atom. The van der Waals surface area contributed by atoms with E-state index in [1.165, 1.54) is 24.8 Å². The summed E-state index contributed by atoms with van der Waals surface area (Å²) in [4.78, 5) is 0. The fourth-order valence-corrected chi connectivity index (χ4v) is 1.14. The Morgan fingerprint density at radius 3 is 2.36 bits per heavy atom. The van der Waals surface area contributed by atoms with E-state index in [1.54, 1.807) is 0 Å². The lowest BCUT2D eigenvalue weighted by atomic mass is 10.0. The highest BCUT2D eigenvalue weighted by molar-refractivity contribution is 4.93. The van der Waals surface area contributed by atoms with Crippen molar-refractivity contribution in [1.82, 2.24) is 0 Å². The monoisotopic (exact) mass is 153 g/mol. The van der Waals surface area contributed by atoms with E-state index in [9.17, 15) is 0 Å². The first-order chi connectivity index (χ1) is 5.16. The van der Waals surface area contributed by atoms with Crippen molar-refractivity contribution in [1.29, 1.82) is 0 Å². The van der Waals surface area contributed by atoms with Crippen LogP contribution < -0.4 is 0 Å². The van der Waals surface area contributed by atoms with Gasteiger partial charge < -0.3 is 0 Å². The molecule has 0 heterocycles. The van der Waals surface area contributed by atoms with Gasteiger partial charge in [-0.25, -0.2) is 0 Å². The summed E-state index contributed by atoms with van der Waals surface area (Å²) >= 11 is 0. The summed E-state index contributed by atoms with van der Waals surface area (Å²) < 4.78 is 0. The van der Waals surface area contributed by atoms with E-state index in [4.69, 9.17) is 0 Å². The first kappa shape index (κ1) is 10.7. The van der Waals surface area contributed by atoms with Crippen LogP contribution >= 0.6 is 0 Å². The highest BCUT2D eigenvalue weighted by Gasteiger charge is 1.96. The molecule has 0 amide bonds. The van der Waals surface area contributed by atoms with Crippen LogP contribution in [0.4, 0.5) is 0 Å². The van der Waals surface area contributed by atoms with Gasteiger partial charge in [0.15, 0.2) is 0 Å². The van der Waals surface area contributed by atoms with Gasteiger partial charge in [0.2, 0.25) is 0 Å². The highest BCUT2D eigenvalue weighted by Crippen LogP contribution is 2.13. The lowest BCUT2D eigenvalue weighted by molar-refractivity contribution is 0.551. The molecule has 0 aromatic rings. The third-order valence-corrected chi connectivity index (χ3v) is 1.84. The van der Waals surface area contributed by atoms with Gasteiger partial charge in [-0.1, -0.05) is 39.3 Å². The van der Waals surface area contributed by atoms with Crippen molar-refractivity contribution in [3.05, 3.63) is 19.1 Å². The molecule has 0 N–H and O–H groups in total. The summed E-state index contributed by atoms with van der Waals surface area (Å²) in [5.74, 6) is 0.836. The van der Waals surface area contributed by atoms with Crippen molar-refractivity contribution < 1.29 is 0 Å². The van der Waals surface area contributed by atoms with E-state index >= 15 is 0 Å². The molecule has 0 fully saturated rings. The zero-order valence-electron chi connectivity index (χ0n) is 8.03. The van der Waals surface area contributed by atoms with Gasteiger partial charge in [-0.3, -0.25) is 0 Å². The van der Waals surface area contributed by atoms with E-state index in [0.717, 1.165) is 18.8 Å². The molecule has 65 valence electrons. The molecule has 0 aliphatic rings. The lowest BCUT2D eigenvalue weighted by Crippen LogP contribution is -1.88. The van der Waals surface area contributed by atoms with Gasteiger partial charge in [0.1, 0.15) is 0 Å². The van der Waals surface area contributed by atoms with Crippen LogP contribution in [0, 0.1) is 12.8 Å². The molecule has 0 bridgehead atoms. The Labute approximate surface area is 71.7 Å². The van der Waals surface area contributed by atoms with E-state index < -0.39 is 0 Å². The third-order valence-electron chi connectivity index (χ3n) is 1.84. The van der Waals surface area contributed by atoms with E-state index in [1.807, 2.05) is 0 Å². The predicted molar refractivity (Wildman–Crippen MR) is 52.4 cm³/mol. The van der Waals surface area contributed by atoms with Gasteiger partial charge in [-0.15, -0.1) is 0 Å². The fourth-order valence-electron chi connectivity index (χ4n) is 1.14. The number of allylic oxidation sites excluding steroid dienone is 1. The second-order valence-electron chi connectivity index (χ2n) is 3.64. The molecule has 0 aliphatic carbocycles. The van der Waals surface area contributed by atoms with Gasteiger partial charge in [-0.2, -0.15) is 0 Å². The normalized spacial score (nSPS) is 10.5. The Morgan fingerprint density at radius 1 is 1.27 bits per heavy atom. The molecule has 0 rings (SSSR count). The first-order valence-corrected chi connectivity index (χ1v) is 4.62. The van der Waals surface area contributed by atoms with Crippen molar-refractivity contribution in [2.45, 2.75) is 46.0 Å². The minimum Gasteiger partial charge on any atom is -0.0999 e. The van der Waals surface area contributed by atoms with E-state index in [-0.39, 0.29) is 0 Å². The summed E-state index contributed by atoms with van der Waals surface area (Å²) in [6.45, 7) is 12.3.